The van der Waals surface area contributed by atoms with E-state index in [4.69, 9.17) is 0 Å². The van der Waals surface area contributed by atoms with Crippen molar-refractivity contribution in [3.05, 3.63) is 66.5 Å². The van der Waals surface area contributed by atoms with E-state index in [1.165, 1.54) is 0 Å². The number of nitrogens with zero attached hydrogens (tertiary/aromatic N) is 2. The van der Waals surface area contributed by atoms with Crippen molar-refractivity contribution < 1.29 is 9.90 Å². The molecule has 26 heavy (non-hydrogen) atoms. The lowest BCUT2D eigenvalue weighted by atomic mass is 10.2. The van der Waals surface area contributed by atoms with Crippen LogP contribution >= 0.6 is 11.8 Å². The van der Waals surface area contributed by atoms with Crippen LogP contribution in [0.25, 0.3) is 11.4 Å². The quantitative estimate of drug-likeness (QED) is 0.646. The maximum atomic E-state index is 12.3. The summed E-state index contributed by atoms with van der Waals surface area (Å²) >= 11 is 1.75. The van der Waals surface area contributed by atoms with Gasteiger partial charge >= 0.3 is 0 Å². The number of benzene rings is 2. The van der Waals surface area contributed by atoms with E-state index in [1.807, 2.05) is 30.3 Å². The third-order valence-corrected chi connectivity index (χ3v) is 4.52. The van der Waals surface area contributed by atoms with Crippen LogP contribution in [0.15, 0.2) is 65.8 Å². The van der Waals surface area contributed by atoms with Crippen molar-refractivity contribution >= 4 is 23.4 Å². The molecule has 2 aromatic carbocycles. The first-order valence-corrected chi connectivity index (χ1v) is 9.09. The Bertz CT molecular complexity index is 894. The van der Waals surface area contributed by atoms with Crippen LogP contribution in [0.2, 0.25) is 0 Å². The van der Waals surface area contributed by atoms with Crippen molar-refractivity contribution in [3.8, 4) is 17.1 Å². The van der Waals surface area contributed by atoms with Crippen LogP contribution in [0.3, 0.4) is 0 Å². The number of carbonyl (C=O) groups excluding carboxylic acids is 1. The second kappa shape index (κ2) is 8.01. The summed E-state index contributed by atoms with van der Waals surface area (Å²) in [6.45, 7) is 4.26. The van der Waals surface area contributed by atoms with Crippen molar-refractivity contribution in [3.63, 3.8) is 0 Å². The molecule has 0 aliphatic heterocycles. The molecule has 0 aliphatic carbocycles. The summed E-state index contributed by atoms with van der Waals surface area (Å²) < 4.78 is 0. The van der Waals surface area contributed by atoms with Gasteiger partial charge in [0.1, 0.15) is 5.75 Å². The highest BCUT2D eigenvalue weighted by molar-refractivity contribution is 7.99. The van der Waals surface area contributed by atoms with Gasteiger partial charge in [-0.1, -0.05) is 26.0 Å². The molecule has 1 aromatic heterocycles. The van der Waals surface area contributed by atoms with Gasteiger partial charge in [0.05, 0.1) is 18.1 Å². The summed E-state index contributed by atoms with van der Waals surface area (Å²) in [6, 6.07) is 14.2. The molecular weight excluding hydrogens is 346 g/mol. The monoisotopic (exact) mass is 365 g/mol. The summed E-state index contributed by atoms with van der Waals surface area (Å²) in [5.74, 6) is 0.427. The van der Waals surface area contributed by atoms with Gasteiger partial charge in [-0.3, -0.25) is 4.79 Å². The average Bonchev–Trinajstić information content (AvgIpc) is 2.62. The number of rotatable bonds is 5. The zero-order valence-electron chi connectivity index (χ0n) is 14.5. The van der Waals surface area contributed by atoms with Crippen LogP contribution in [0.1, 0.15) is 24.2 Å². The molecule has 0 saturated heterocycles. The number of nitrogens with one attached hydrogen (secondary N) is 1. The van der Waals surface area contributed by atoms with Crippen molar-refractivity contribution in [2.24, 2.45) is 0 Å². The van der Waals surface area contributed by atoms with Gasteiger partial charge in [-0.15, -0.1) is 11.8 Å². The third-order valence-electron chi connectivity index (χ3n) is 3.50. The fourth-order valence-corrected chi connectivity index (χ4v) is 3.18. The Balaban J connectivity index is 1.68. The van der Waals surface area contributed by atoms with E-state index >= 15 is 0 Å². The highest BCUT2D eigenvalue weighted by Gasteiger charge is 2.08. The fourth-order valence-electron chi connectivity index (χ4n) is 2.35. The number of aromatic nitrogens is 2. The van der Waals surface area contributed by atoms with Gasteiger partial charge in [-0.25, -0.2) is 9.97 Å². The van der Waals surface area contributed by atoms with Crippen LogP contribution in [-0.4, -0.2) is 26.2 Å². The molecule has 3 rings (SSSR count). The zero-order chi connectivity index (χ0) is 18.5. The van der Waals surface area contributed by atoms with Gasteiger partial charge in [0.2, 0.25) is 0 Å². The summed E-state index contributed by atoms with van der Waals surface area (Å²) in [4.78, 5) is 22.0. The smallest absolute Gasteiger partial charge is 0.255 e. The number of amides is 1. The summed E-state index contributed by atoms with van der Waals surface area (Å²) in [5.41, 5.74) is 1.80. The molecule has 0 saturated carbocycles. The molecular formula is C20H19N3O2S. The molecule has 3 aromatic rings. The van der Waals surface area contributed by atoms with E-state index in [1.54, 1.807) is 42.4 Å². The number of phenols is 1. The van der Waals surface area contributed by atoms with Gasteiger partial charge < -0.3 is 10.4 Å². The Hall–Kier alpha value is -2.86. The van der Waals surface area contributed by atoms with Gasteiger partial charge in [0, 0.05) is 21.3 Å². The molecule has 1 amide bonds. The van der Waals surface area contributed by atoms with Crippen molar-refractivity contribution in [2.45, 2.75) is 24.0 Å². The van der Waals surface area contributed by atoms with E-state index in [9.17, 15) is 9.90 Å². The molecule has 1 heterocycles. The zero-order valence-corrected chi connectivity index (χ0v) is 15.3. The van der Waals surface area contributed by atoms with Crippen LogP contribution in [-0.2, 0) is 0 Å². The van der Waals surface area contributed by atoms with Gasteiger partial charge in [-0.05, 0) is 36.4 Å². The minimum Gasteiger partial charge on any atom is -0.508 e. The second-order valence-electron chi connectivity index (χ2n) is 5.99. The van der Waals surface area contributed by atoms with Crippen LogP contribution in [0.4, 0.5) is 5.69 Å². The normalized spacial score (nSPS) is 10.7. The number of hydrogen-bond acceptors (Lipinski definition) is 5. The minimum atomic E-state index is -0.209. The lowest BCUT2D eigenvalue weighted by Gasteiger charge is -2.08. The molecule has 0 fully saturated rings. The van der Waals surface area contributed by atoms with E-state index in [0.717, 1.165) is 4.90 Å². The molecule has 2 N–H and O–H groups in total. The predicted octanol–water partition coefficient (Wildman–Crippen LogP) is 4.60. The average molecular weight is 365 g/mol. The Morgan fingerprint density at radius 1 is 1.08 bits per heavy atom. The molecule has 5 nitrogen and oxygen atoms in total. The first-order valence-electron chi connectivity index (χ1n) is 8.21. The molecule has 132 valence electrons. The maximum absolute atomic E-state index is 12.3. The second-order valence-corrected chi connectivity index (χ2v) is 7.64. The molecule has 6 heteroatoms. The van der Waals surface area contributed by atoms with Crippen LogP contribution in [0, 0.1) is 0 Å². The molecule has 0 atom stereocenters. The number of thioether (sulfide) groups is 1. The Labute approximate surface area is 156 Å². The first kappa shape index (κ1) is 17.9. The summed E-state index contributed by atoms with van der Waals surface area (Å²) in [5, 5.41) is 12.8. The predicted molar refractivity (Wildman–Crippen MR) is 105 cm³/mol. The number of anilines is 1. The number of carbonyl (C=O) groups is 1. The molecule has 0 aliphatic rings. The van der Waals surface area contributed by atoms with Crippen molar-refractivity contribution in [1.82, 2.24) is 9.97 Å². The maximum Gasteiger partial charge on any atom is 0.255 e. The van der Waals surface area contributed by atoms with Gasteiger partial charge in [-0.2, -0.15) is 0 Å². The summed E-state index contributed by atoms with van der Waals surface area (Å²) in [7, 11) is 0. The topological polar surface area (TPSA) is 75.1 Å². The lowest BCUT2D eigenvalue weighted by molar-refractivity contribution is 0.102. The minimum absolute atomic E-state index is 0.155. The van der Waals surface area contributed by atoms with Crippen LogP contribution < -0.4 is 5.32 Å². The largest absolute Gasteiger partial charge is 0.508 e. The highest BCUT2D eigenvalue weighted by Crippen LogP contribution is 2.23. The number of phenolic OH excluding ortho intramolecular Hbond substituents is 1. The Morgan fingerprint density at radius 2 is 1.77 bits per heavy atom. The Morgan fingerprint density at radius 3 is 2.38 bits per heavy atom. The molecule has 0 spiro atoms. The molecule has 0 unspecified atom stereocenters. The van der Waals surface area contributed by atoms with E-state index in [2.05, 4.69) is 29.1 Å². The van der Waals surface area contributed by atoms with Crippen molar-refractivity contribution in [1.29, 1.82) is 0 Å². The Kier molecular flexibility index (Phi) is 5.53. The fraction of sp³-hybridized carbons (Fsp3) is 0.150. The van der Waals surface area contributed by atoms with Gasteiger partial charge in [0.25, 0.3) is 5.91 Å². The number of hydrogen-bond donors (Lipinski definition) is 2. The lowest BCUT2D eigenvalue weighted by Crippen LogP contribution is -2.12. The highest BCUT2D eigenvalue weighted by atomic mass is 32.2. The molecule has 0 radical (unpaired) electrons. The first-order chi connectivity index (χ1) is 12.5. The van der Waals surface area contributed by atoms with E-state index in [0.29, 0.717) is 27.9 Å². The van der Waals surface area contributed by atoms with Crippen LogP contribution in [0.5, 0.6) is 5.75 Å². The molecule has 0 bridgehead atoms. The standard InChI is InChI=1S/C20H19N3O2S/c1-13(2)26-18-8-6-14(7-9-18)20(25)23-16-11-21-19(22-12-16)15-4-3-5-17(24)10-15/h3-13,24H,1-2H3,(H,23,25). The summed E-state index contributed by atoms with van der Waals surface area (Å²) in [6.07, 6.45) is 3.10. The van der Waals surface area contributed by atoms with E-state index in [-0.39, 0.29) is 11.7 Å². The van der Waals surface area contributed by atoms with E-state index < -0.39 is 0 Å². The SMILES string of the molecule is CC(C)Sc1ccc(C(=O)Nc2cnc(-c3cccc(O)c3)nc2)cc1. The van der Waals surface area contributed by atoms with Gasteiger partial charge in [0.15, 0.2) is 5.82 Å². The number of aromatic hydroxyl groups is 1. The third kappa shape index (κ3) is 4.61. The van der Waals surface area contributed by atoms with Crippen molar-refractivity contribution in [2.75, 3.05) is 5.32 Å².